The van der Waals surface area contributed by atoms with Crippen LogP contribution >= 0.6 is 0 Å². The van der Waals surface area contributed by atoms with Gasteiger partial charge in [-0.05, 0) is 72.4 Å². The number of fused-ring (bicyclic) bond motifs is 1. The van der Waals surface area contributed by atoms with E-state index in [0.29, 0.717) is 36.2 Å². The highest BCUT2D eigenvalue weighted by atomic mass is 19.4. The summed E-state index contributed by atoms with van der Waals surface area (Å²) in [5.41, 5.74) is 0.518. The molecule has 0 aliphatic carbocycles. The largest absolute Gasteiger partial charge is 0.444 e. The van der Waals surface area contributed by atoms with Crippen LogP contribution < -0.4 is 9.80 Å². The number of rotatable bonds is 6. The van der Waals surface area contributed by atoms with Crippen LogP contribution in [0.25, 0.3) is 0 Å². The first-order valence-corrected chi connectivity index (χ1v) is 14.1. The summed E-state index contributed by atoms with van der Waals surface area (Å²) in [6.07, 6.45) is -9.78. The second-order valence-electron chi connectivity index (χ2n) is 11.0. The maximum Gasteiger partial charge on any atom is 0.416 e. The standard InChI is InChI=1S/C31H30F6N6O2/c1-19-12-20(2)27-25(13-19)26(10-7-11-42(27)29(44)45-18-21-8-5-4-6-9-21)43(28-38-40-41(3)39-28)17-22-14-23(30(32,33)34)16-24(15-22)31(35,36)37/h4-6,8-9,12-16,26H,7,10-11,17-18H2,1-3H3. The average Bonchev–Trinajstić information content (AvgIpc) is 3.31. The molecular weight excluding hydrogens is 602 g/mol. The van der Waals surface area contributed by atoms with E-state index in [1.165, 1.54) is 11.9 Å². The quantitative estimate of drug-likeness (QED) is 0.205. The molecule has 2 heterocycles. The summed E-state index contributed by atoms with van der Waals surface area (Å²) in [6.45, 7) is 3.62. The van der Waals surface area contributed by atoms with E-state index in [9.17, 15) is 31.1 Å². The van der Waals surface area contributed by atoms with Gasteiger partial charge >= 0.3 is 18.4 Å². The maximum absolute atomic E-state index is 13.7. The molecule has 45 heavy (non-hydrogen) atoms. The molecule has 0 saturated carbocycles. The summed E-state index contributed by atoms with van der Waals surface area (Å²) < 4.78 is 88.0. The molecule has 0 spiro atoms. The average molecular weight is 633 g/mol. The number of nitrogens with zero attached hydrogens (tertiary/aromatic N) is 6. The van der Waals surface area contributed by atoms with Crippen molar-refractivity contribution >= 4 is 17.7 Å². The molecule has 0 N–H and O–H groups in total. The molecule has 1 unspecified atom stereocenters. The molecular formula is C31H30F6N6O2. The van der Waals surface area contributed by atoms with Crippen LogP contribution in [0, 0.1) is 13.8 Å². The van der Waals surface area contributed by atoms with Crippen molar-refractivity contribution in [1.82, 2.24) is 20.2 Å². The number of aryl methyl sites for hydroxylation is 3. The van der Waals surface area contributed by atoms with Crippen LogP contribution in [0.1, 0.15) is 57.8 Å². The lowest BCUT2D eigenvalue weighted by molar-refractivity contribution is -0.143. The number of tetrazole rings is 1. The van der Waals surface area contributed by atoms with Gasteiger partial charge in [0, 0.05) is 13.1 Å². The molecule has 5 rings (SSSR count). The van der Waals surface area contributed by atoms with Gasteiger partial charge in [0.15, 0.2) is 0 Å². The fraction of sp³-hybridized carbons (Fsp3) is 0.355. The number of ether oxygens (including phenoxy) is 1. The molecule has 1 amide bonds. The fourth-order valence-corrected chi connectivity index (χ4v) is 5.65. The molecule has 0 radical (unpaired) electrons. The van der Waals surface area contributed by atoms with E-state index in [4.69, 9.17) is 4.74 Å². The van der Waals surface area contributed by atoms with Crippen LogP contribution in [0.4, 0.5) is 42.8 Å². The first-order chi connectivity index (χ1) is 21.2. The van der Waals surface area contributed by atoms with Gasteiger partial charge in [0.2, 0.25) is 0 Å². The Bertz CT molecular complexity index is 1640. The van der Waals surface area contributed by atoms with Crippen molar-refractivity contribution in [2.75, 3.05) is 16.3 Å². The molecule has 3 aromatic carbocycles. The third kappa shape index (κ3) is 7.21. The number of anilines is 2. The van der Waals surface area contributed by atoms with Gasteiger partial charge in [0.1, 0.15) is 6.61 Å². The van der Waals surface area contributed by atoms with E-state index in [1.807, 2.05) is 56.3 Å². The summed E-state index contributed by atoms with van der Waals surface area (Å²) in [6, 6.07) is 13.8. The first kappa shape index (κ1) is 31.8. The second kappa shape index (κ2) is 12.4. The van der Waals surface area contributed by atoms with Gasteiger partial charge in [-0.3, -0.25) is 4.90 Å². The third-order valence-corrected chi connectivity index (χ3v) is 7.52. The van der Waals surface area contributed by atoms with E-state index in [-0.39, 0.29) is 30.7 Å². The highest BCUT2D eigenvalue weighted by Gasteiger charge is 2.38. The Labute approximate surface area is 255 Å². The van der Waals surface area contributed by atoms with Crippen molar-refractivity contribution < 1.29 is 35.9 Å². The molecule has 14 heteroatoms. The molecule has 1 aromatic heterocycles. The monoisotopic (exact) mass is 632 g/mol. The van der Waals surface area contributed by atoms with Crippen LogP contribution in [0.15, 0.2) is 60.7 Å². The normalized spacial score (nSPS) is 15.4. The molecule has 4 aromatic rings. The van der Waals surface area contributed by atoms with Crippen molar-refractivity contribution in [2.45, 2.75) is 58.2 Å². The van der Waals surface area contributed by atoms with E-state index in [2.05, 4.69) is 15.4 Å². The summed E-state index contributed by atoms with van der Waals surface area (Å²) in [5, 5.41) is 12.2. The zero-order valence-electron chi connectivity index (χ0n) is 24.7. The minimum atomic E-state index is -5.00. The highest BCUT2D eigenvalue weighted by molar-refractivity contribution is 5.90. The molecule has 0 saturated heterocycles. The lowest BCUT2D eigenvalue weighted by atomic mass is 9.94. The third-order valence-electron chi connectivity index (χ3n) is 7.52. The van der Waals surface area contributed by atoms with Gasteiger partial charge in [-0.1, -0.05) is 53.1 Å². The molecule has 1 aliphatic heterocycles. The molecule has 1 aliphatic rings. The van der Waals surface area contributed by atoms with Gasteiger partial charge in [0.05, 0.1) is 29.9 Å². The minimum Gasteiger partial charge on any atom is -0.444 e. The smallest absolute Gasteiger partial charge is 0.416 e. The lowest BCUT2D eigenvalue weighted by Crippen LogP contribution is -2.33. The van der Waals surface area contributed by atoms with Crippen molar-refractivity contribution in [3.63, 3.8) is 0 Å². The zero-order chi connectivity index (χ0) is 32.5. The SMILES string of the molecule is Cc1cc(C)c2c(c1)C(N(Cc1cc(C(F)(F)F)cc(C(F)(F)F)c1)c1nnn(C)n1)CCCN2C(=O)OCc1ccccc1. The Hall–Kier alpha value is -4.62. The molecule has 238 valence electrons. The number of halogens is 6. The van der Waals surface area contributed by atoms with Crippen molar-refractivity contribution in [3.8, 4) is 0 Å². The molecule has 0 bridgehead atoms. The zero-order valence-corrected chi connectivity index (χ0v) is 24.7. The van der Waals surface area contributed by atoms with Crippen LogP contribution in [0.5, 0.6) is 0 Å². The number of alkyl halides is 6. The minimum absolute atomic E-state index is 0.0127. The summed E-state index contributed by atoms with van der Waals surface area (Å²) in [7, 11) is 1.50. The number of aromatic nitrogens is 4. The Balaban J connectivity index is 1.58. The Morgan fingerprint density at radius 2 is 1.62 bits per heavy atom. The molecule has 0 fully saturated rings. The predicted molar refractivity (Wildman–Crippen MR) is 153 cm³/mol. The fourth-order valence-electron chi connectivity index (χ4n) is 5.65. The summed E-state index contributed by atoms with van der Waals surface area (Å²) in [5.74, 6) is 0.0127. The van der Waals surface area contributed by atoms with E-state index >= 15 is 0 Å². The van der Waals surface area contributed by atoms with E-state index in [1.54, 1.807) is 4.90 Å². The van der Waals surface area contributed by atoms with Gasteiger partial charge in [0.25, 0.3) is 5.95 Å². The van der Waals surface area contributed by atoms with Gasteiger partial charge in [-0.2, -0.15) is 31.1 Å². The number of benzene rings is 3. The van der Waals surface area contributed by atoms with Gasteiger partial charge < -0.3 is 9.64 Å². The predicted octanol–water partition coefficient (Wildman–Crippen LogP) is 7.55. The van der Waals surface area contributed by atoms with Crippen molar-refractivity contribution in [2.24, 2.45) is 7.05 Å². The molecule has 8 nitrogen and oxygen atoms in total. The molecule has 1 atom stereocenters. The van der Waals surface area contributed by atoms with Crippen LogP contribution in [-0.2, 0) is 37.3 Å². The number of carbonyl (C=O) groups is 1. The van der Waals surface area contributed by atoms with Crippen molar-refractivity contribution in [3.05, 3.63) is 99.6 Å². The summed E-state index contributed by atoms with van der Waals surface area (Å²) in [4.78, 5) is 17.7. The Morgan fingerprint density at radius 3 is 2.22 bits per heavy atom. The Kier molecular flexibility index (Phi) is 8.77. The van der Waals surface area contributed by atoms with Crippen LogP contribution in [0.2, 0.25) is 0 Å². The van der Waals surface area contributed by atoms with Crippen LogP contribution in [0.3, 0.4) is 0 Å². The maximum atomic E-state index is 13.7. The highest BCUT2D eigenvalue weighted by Crippen LogP contribution is 2.42. The van der Waals surface area contributed by atoms with E-state index in [0.717, 1.165) is 21.5 Å². The first-order valence-electron chi connectivity index (χ1n) is 14.1. The number of amides is 1. The van der Waals surface area contributed by atoms with Gasteiger partial charge in [-0.25, -0.2) is 4.79 Å². The van der Waals surface area contributed by atoms with Crippen molar-refractivity contribution in [1.29, 1.82) is 0 Å². The Morgan fingerprint density at radius 1 is 0.956 bits per heavy atom. The number of carbonyl (C=O) groups excluding carboxylic acids is 1. The van der Waals surface area contributed by atoms with Crippen LogP contribution in [-0.4, -0.2) is 32.8 Å². The number of hydrogen-bond acceptors (Lipinski definition) is 6. The van der Waals surface area contributed by atoms with E-state index < -0.39 is 42.2 Å². The lowest BCUT2D eigenvalue weighted by Gasteiger charge is -2.33. The summed E-state index contributed by atoms with van der Waals surface area (Å²) >= 11 is 0. The second-order valence-corrected chi connectivity index (χ2v) is 11.0. The number of hydrogen-bond donors (Lipinski definition) is 0. The van der Waals surface area contributed by atoms with Gasteiger partial charge in [-0.15, -0.1) is 5.10 Å². The topological polar surface area (TPSA) is 76.4 Å².